The summed E-state index contributed by atoms with van der Waals surface area (Å²) in [5.41, 5.74) is 64.0. The van der Waals surface area contributed by atoms with Crippen LogP contribution in [0.4, 0.5) is 0 Å². The molecule has 0 aliphatic carbocycles. The maximum atomic E-state index is 2.86. The predicted octanol–water partition coefficient (Wildman–Crippen LogP) is 22.8. The Kier molecular flexibility index (Phi) is 13.8. The van der Waals surface area contributed by atoms with Crippen LogP contribution in [0.2, 0.25) is 0 Å². The zero-order chi connectivity index (χ0) is 65.2. The molecule has 14 rings (SSSR count). The smallest absolute Gasteiger partial charge is 0.0778 e. The van der Waals surface area contributed by atoms with Crippen LogP contribution < -0.4 is 0 Å². The highest BCUT2D eigenvalue weighted by atomic mass is 31.1. The summed E-state index contributed by atoms with van der Waals surface area (Å²) in [5, 5.41) is 0. The standard InChI is InChI=1S/C78H98N8P4/c1-35-45(11)65(31-87-79-57(23)37(3)49(15)71(79)72-50(16)38(4)58(24)80(72)87)69(66(46(35)12)32-88-81-59(25)39(5)51(17)73(81)74-52(18)40(6)60(26)82(74)88)70-67(33-89-83-61(27)41(7)53(19)75(83)76-54(20)42(8)62(28)84(76)89)47(13)36(2)48(14)68(70)34-90-85-63(29)43(9)55(21)77(85)78-56(22)44(10)64(30)86(78)90/h31-34H2,1-30H3. The Balaban J connectivity index is 1.22. The molecule has 12 heterocycles. The minimum Gasteiger partial charge on any atom is -0.288 e. The van der Waals surface area contributed by atoms with E-state index in [1.54, 1.807) is 33.4 Å². The van der Waals surface area contributed by atoms with E-state index in [1.165, 1.54) is 212 Å². The Labute approximate surface area is 539 Å². The number of aryl methyl sites for hydroxylation is 16. The fourth-order valence-corrected chi connectivity index (χ4v) is 29.8. The second-order valence-electron chi connectivity index (χ2n) is 28.5. The highest BCUT2D eigenvalue weighted by molar-refractivity contribution is 7.43. The molecule has 0 aliphatic heterocycles. The lowest BCUT2D eigenvalue weighted by molar-refractivity contribution is 1.09. The van der Waals surface area contributed by atoms with E-state index in [0.717, 1.165) is 24.6 Å². The van der Waals surface area contributed by atoms with Gasteiger partial charge >= 0.3 is 0 Å². The number of rotatable bonds is 9. The molecule has 12 aromatic heterocycles. The van der Waals surface area contributed by atoms with Gasteiger partial charge in [-0.2, -0.15) is 0 Å². The van der Waals surface area contributed by atoms with Crippen LogP contribution in [0.15, 0.2) is 0 Å². The average Bonchev–Trinajstić information content (AvgIpc) is 1.51. The molecule has 0 fully saturated rings. The lowest BCUT2D eigenvalue weighted by Gasteiger charge is -2.30. The van der Waals surface area contributed by atoms with Crippen molar-refractivity contribution in [1.29, 1.82) is 0 Å². The van der Waals surface area contributed by atoms with E-state index in [-0.39, 0.29) is 0 Å². The van der Waals surface area contributed by atoms with Crippen LogP contribution >= 0.6 is 31.4 Å². The fraction of sp³-hybridized carbons (Fsp3) is 0.436. The third-order valence-corrected chi connectivity index (χ3v) is 35.5. The van der Waals surface area contributed by atoms with E-state index in [2.05, 4.69) is 241 Å². The first-order chi connectivity index (χ1) is 42.3. The van der Waals surface area contributed by atoms with E-state index in [0.29, 0.717) is 0 Å². The highest BCUT2D eigenvalue weighted by Crippen LogP contribution is 2.57. The highest BCUT2D eigenvalue weighted by Gasteiger charge is 2.35. The summed E-state index contributed by atoms with van der Waals surface area (Å²) in [7, 11) is -3.85. The second-order valence-corrected chi connectivity index (χ2v) is 35.9. The molecule has 0 saturated heterocycles. The first-order valence-corrected chi connectivity index (χ1v) is 38.8. The van der Waals surface area contributed by atoms with Gasteiger partial charge < -0.3 is 0 Å². The maximum Gasteiger partial charge on any atom is 0.0778 e. The van der Waals surface area contributed by atoms with Crippen LogP contribution in [0, 0.1) is 208 Å². The summed E-state index contributed by atoms with van der Waals surface area (Å²) < 4.78 is 22.9. The van der Waals surface area contributed by atoms with Crippen molar-refractivity contribution >= 4 is 75.5 Å². The van der Waals surface area contributed by atoms with Gasteiger partial charge in [0.2, 0.25) is 0 Å². The zero-order valence-corrected chi connectivity index (χ0v) is 63.8. The molecule has 0 atom stereocenters. The number of aromatic nitrogens is 8. The van der Waals surface area contributed by atoms with Gasteiger partial charge in [0, 0.05) is 102 Å². The van der Waals surface area contributed by atoms with Crippen molar-refractivity contribution in [2.24, 2.45) is 0 Å². The van der Waals surface area contributed by atoms with Crippen molar-refractivity contribution in [2.45, 2.75) is 232 Å². The van der Waals surface area contributed by atoms with Crippen LogP contribution in [0.5, 0.6) is 0 Å². The average molecular weight is 1270 g/mol. The van der Waals surface area contributed by atoms with Gasteiger partial charge in [-0.1, -0.05) is 0 Å². The van der Waals surface area contributed by atoms with E-state index >= 15 is 0 Å². The van der Waals surface area contributed by atoms with Crippen LogP contribution in [-0.2, 0) is 24.6 Å². The minimum atomic E-state index is -0.961. The molecule has 0 unspecified atom stereocenters. The SMILES string of the molecule is Cc1c(C)c(Cp2n3c(C)c(C)c(C)c3c3c(C)c(C)c(C)n32)c(-c2c(Cp3n4c(C)c(C)c(C)c4c4c(C)c(C)c(C)n43)c(C)c(C)c(C)c2Cp2n3c(C)c(C)c(C)c3c3c(C)c(C)c(C)n32)c(Cp2n3c(C)c(C)c(C)c3c3c(C)c(C)c(C)n32)c1C. The Morgan fingerprint density at radius 2 is 0.278 bits per heavy atom. The number of hydrogen-bond acceptors (Lipinski definition) is 0. The summed E-state index contributed by atoms with van der Waals surface area (Å²) >= 11 is 0. The topological polar surface area (TPSA) is 35.3 Å². The largest absolute Gasteiger partial charge is 0.288 e. The molecular formula is C78H98N8P4. The van der Waals surface area contributed by atoms with Gasteiger partial charge in [-0.15, -0.1) is 0 Å². The van der Waals surface area contributed by atoms with Crippen molar-refractivity contribution in [3.8, 4) is 11.1 Å². The van der Waals surface area contributed by atoms with Gasteiger partial charge in [-0.3, -0.25) is 33.3 Å². The third kappa shape index (κ3) is 7.35. The van der Waals surface area contributed by atoms with Crippen molar-refractivity contribution in [2.75, 3.05) is 0 Å². The molecule has 0 radical (unpaired) electrons. The van der Waals surface area contributed by atoms with Gasteiger partial charge in [0.1, 0.15) is 0 Å². The summed E-state index contributed by atoms with van der Waals surface area (Å²) in [5.74, 6) is 0. The monoisotopic (exact) mass is 1270 g/mol. The summed E-state index contributed by atoms with van der Waals surface area (Å²) in [6, 6.07) is 0. The summed E-state index contributed by atoms with van der Waals surface area (Å²) in [6.45, 7) is 72.9. The Morgan fingerprint density at radius 1 is 0.156 bits per heavy atom. The van der Waals surface area contributed by atoms with Crippen LogP contribution in [-0.4, -0.2) is 33.3 Å². The van der Waals surface area contributed by atoms with Gasteiger partial charge in [0.25, 0.3) is 0 Å². The zero-order valence-electron chi connectivity index (χ0n) is 60.2. The van der Waals surface area contributed by atoms with Crippen LogP contribution in [0.3, 0.4) is 0 Å². The van der Waals surface area contributed by atoms with Gasteiger partial charge in [-0.05, 0) is 363 Å². The van der Waals surface area contributed by atoms with Gasteiger partial charge in [-0.25, -0.2) is 0 Å². The van der Waals surface area contributed by atoms with Crippen molar-refractivity contribution < 1.29 is 0 Å². The van der Waals surface area contributed by atoms with Crippen LogP contribution in [0.25, 0.3) is 55.3 Å². The number of fused-ring (bicyclic) bond motifs is 12. The predicted molar refractivity (Wildman–Crippen MR) is 395 cm³/mol. The summed E-state index contributed by atoms with van der Waals surface area (Å²) in [6.07, 6.45) is 3.76. The van der Waals surface area contributed by atoms with Gasteiger partial charge in [0.05, 0.1) is 44.1 Å². The van der Waals surface area contributed by atoms with E-state index in [4.69, 9.17) is 0 Å². The second kappa shape index (κ2) is 20.2. The van der Waals surface area contributed by atoms with E-state index < -0.39 is 31.4 Å². The van der Waals surface area contributed by atoms with Crippen molar-refractivity contribution in [3.63, 3.8) is 0 Å². The van der Waals surface area contributed by atoms with Crippen LogP contribution in [0.1, 0.15) is 190 Å². The molecule has 0 N–H and O–H groups in total. The molecule has 8 nitrogen and oxygen atoms in total. The molecule has 90 heavy (non-hydrogen) atoms. The lowest BCUT2D eigenvalue weighted by atomic mass is 9.80. The Morgan fingerprint density at radius 3 is 0.400 bits per heavy atom. The number of hydrogen-bond donors (Lipinski definition) is 0. The molecule has 0 saturated carbocycles. The molecule has 470 valence electrons. The minimum absolute atomic E-state index is 0.939. The molecule has 0 aliphatic rings. The third-order valence-electron chi connectivity index (χ3n) is 25.4. The molecule has 0 bridgehead atoms. The van der Waals surface area contributed by atoms with Gasteiger partial charge in [0.15, 0.2) is 0 Å². The molecule has 0 amide bonds. The number of benzene rings is 2. The van der Waals surface area contributed by atoms with Crippen molar-refractivity contribution in [3.05, 3.63) is 190 Å². The Hall–Kier alpha value is -6.12. The first-order valence-electron chi connectivity index (χ1n) is 33.1. The molecule has 12 heteroatoms. The van der Waals surface area contributed by atoms with E-state index in [1.807, 2.05) is 0 Å². The molecule has 2 aromatic carbocycles. The van der Waals surface area contributed by atoms with E-state index in [9.17, 15) is 0 Å². The Bertz CT molecular complexity index is 4680. The molecular weight excluding hydrogens is 1170 g/mol. The quantitative estimate of drug-likeness (QED) is 0.138. The lowest BCUT2D eigenvalue weighted by Crippen LogP contribution is -2.12. The number of nitrogens with zero attached hydrogens (tertiary/aromatic N) is 8. The summed E-state index contributed by atoms with van der Waals surface area (Å²) in [4.78, 5) is 0. The molecule has 14 aromatic rings. The maximum absolute atomic E-state index is 2.86. The normalized spacial score (nSPS) is 12.7. The van der Waals surface area contributed by atoms with Crippen molar-refractivity contribution in [1.82, 2.24) is 33.3 Å². The molecule has 0 spiro atoms. The fourth-order valence-electron chi connectivity index (χ4n) is 17.5. The first kappa shape index (κ1) is 61.4.